The van der Waals surface area contributed by atoms with E-state index in [1.54, 1.807) is 11.8 Å². The van der Waals surface area contributed by atoms with Crippen LogP contribution < -0.4 is 0 Å². The number of pyridine rings is 1. The summed E-state index contributed by atoms with van der Waals surface area (Å²) in [6.45, 7) is 4.65. The van der Waals surface area contributed by atoms with Crippen LogP contribution in [-0.4, -0.2) is 65.4 Å². The smallest absolute Gasteiger partial charge is 0.315 e. The number of carbonyl (C=O) groups excluding carboxylic acids is 3. The zero-order chi connectivity index (χ0) is 29.1. The molecule has 0 radical (unpaired) electrons. The van der Waals surface area contributed by atoms with Crippen LogP contribution >= 0.6 is 43.5 Å². The number of aryl methyl sites for hydroxylation is 2. The minimum atomic E-state index is -0.478. The number of ether oxygens (including phenoxy) is 1. The van der Waals surface area contributed by atoms with Crippen molar-refractivity contribution in [3.05, 3.63) is 60.7 Å². The summed E-state index contributed by atoms with van der Waals surface area (Å²) in [5.41, 5.74) is 4.98. The molecule has 0 unspecified atom stereocenters. The quantitative estimate of drug-likeness (QED) is 0.260. The van der Waals surface area contributed by atoms with Crippen LogP contribution in [0.2, 0.25) is 5.02 Å². The standard InChI is InChI=1S/C31H36Br2ClN3O4/c1-2-41-28(40)17-27(39)36-9-5-19(6-10-36)13-26(38)37-11-7-20(8-12-37)30-29-21(15-24(34)16-25(29)33)3-4-22-14-23(32)18-35-31(22)30/h14-16,18-20,30H,2-13,17H2,1H3/t30-/m1/s1. The summed E-state index contributed by atoms with van der Waals surface area (Å²) in [7, 11) is 0. The number of piperidine rings is 2. The highest BCUT2D eigenvalue weighted by Crippen LogP contribution is 2.46. The number of benzene rings is 1. The third kappa shape index (κ3) is 7.16. The van der Waals surface area contributed by atoms with Gasteiger partial charge in [-0.1, -0.05) is 27.5 Å². The summed E-state index contributed by atoms with van der Waals surface area (Å²) in [6.07, 6.45) is 7.44. The molecule has 1 aliphatic carbocycles. The number of carbonyl (C=O) groups is 3. The molecule has 5 rings (SSSR count). The Morgan fingerprint density at radius 1 is 0.951 bits per heavy atom. The first-order valence-corrected chi connectivity index (χ1v) is 16.5. The summed E-state index contributed by atoms with van der Waals surface area (Å²) in [6, 6.07) is 6.29. The number of amides is 2. The number of likely N-dealkylation sites (tertiary alicyclic amines) is 2. The lowest BCUT2D eigenvalue weighted by atomic mass is 9.76. The Bertz CT molecular complexity index is 1310. The number of hydrogen-bond acceptors (Lipinski definition) is 5. The van der Waals surface area contributed by atoms with Gasteiger partial charge in [0.25, 0.3) is 0 Å². The van der Waals surface area contributed by atoms with E-state index >= 15 is 0 Å². The van der Waals surface area contributed by atoms with E-state index in [-0.39, 0.29) is 36.7 Å². The van der Waals surface area contributed by atoms with Gasteiger partial charge in [-0.2, -0.15) is 0 Å². The molecule has 2 saturated heterocycles. The van der Waals surface area contributed by atoms with Gasteiger partial charge >= 0.3 is 5.97 Å². The molecule has 0 N–H and O–H groups in total. The fraction of sp³-hybridized carbons (Fsp3) is 0.548. The molecular weight excluding hydrogens is 674 g/mol. The molecule has 3 aliphatic rings. The molecule has 1 aromatic carbocycles. The monoisotopic (exact) mass is 707 g/mol. The first-order chi connectivity index (χ1) is 19.7. The van der Waals surface area contributed by atoms with Gasteiger partial charge in [-0.25, -0.2) is 0 Å². The Hall–Kier alpha value is -1.97. The molecule has 0 saturated carbocycles. The summed E-state index contributed by atoms with van der Waals surface area (Å²) >= 11 is 13.9. The highest BCUT2D eigenvalue weighted by molar-refractivity contribution is 9.10. The van der Waals surface area contributed by atoms with E-state index in [1.165, 1.54) is 16.7 Å². The molecule has 0 spiro atoms. The normalized spacial score (nSPS) is 19.8. The van der Waals surface area contributed by atoms with Gasteiger partial charge < -0.3 is 14.5 Å². The molecule has 2 amide bonds. The lowest BCUT2D eigenvalue weighted by Crippen LogP contribution is -2.43. The number of aromatic nitrogens is 1. The summed E-state index contributed by atoms with van der Waals surface area (Å²) < 4.78 is 6.93. The lowest BCUT2D eigenvalue weighted by Gasteiger charge is -2.38. The maximum absolute atomic E-state index is 13.3. The molecule has 2 aromatic rings. The Morgan fingerprint density at radius 2 is 1.61 bits per heavy atom. The van der Waals surface area contributed by atoms with Crippen molar-refractivity contribution < 1.29 is 19.1 Å². The highest BCUT2D eigenvalue weighted by Gasteiger charge is 2.37. The minimum Gasteiger partial charge on any atom is -0.466 e. The SMILES string of the molecule is CCOC(=O)CC(=O)N1CCC(CC(=O)N2CCC([C@H]3c4ncc(Br)cc4CCc4cc(Cl)cc(Br)c43)CC2)CC1. The average molecular weight is 710 g/mol. The summed E-state index contributed by atoms with van der Waals surface area (Å²) in [4.78, 5) is 46.0. The molecule has 3 heterocycles. The first kappa shape index (κ1) is 30.5. The average Bonchev–Trinajstić information content (AvgIpc) is 3.10. The number of rotatable bonds is 6. The first-order valence-electron chi connectivity index (χ1n) is 14.6. The van der Waals surface area contributed by atoms with Crippen molar-refractivity contribution in [2.24, 2.45) is 11.8 Å². The molecule has 0 bridgehead atoms. The van der Waals surface area contributed by atoms with Gasteiger partial charge in [0.1, 0.15) is 6.42 Å². The van der Waals surface area contributed by atoms with Crippen LogP contribution in [0.5, 0.6) is 0 Å². The van der Waals surface area contributed by atoms with Crippen LogP contribution in [-0.2, 0) is 32.0 Å². The van der Waals surface area contributed by atoms with E-state index in [0.717, 1.165) is 71.3 Å². The van der Waals surface area contributed by atoms with Gasteiger partial charge in [0.2, 0.25) is 11.8 Å². The van der Waals surface area contributed by atoms with Crippen LogP contribution in [0.4, 0.5) is 0 Å². The molecular formula is C31H36Br2ClN3O4. The van der Waals surface area contributed by atoms with E-state index in [1.807, 2.05) is 17.2 Å². The predicted molar refractivity (Wildman–Crippen MR) is 165 cm³/mol. The molecule has 1 aromatic heterocycles. The van der Waals surface area contributed by atoms with Gasteiger partial charge in [-0.3, -0.25) is 19.4 Å². The molecule has 10 heteroatoms. The number of nitrogens with zero attached hydrogens (tertiary/aromatic N) is 3. The van der Waals surface area contributed by atoms with Gasteiger partial charge in [0, 0.05) is 58.7 Å². The van der Waals surface area contributed by atoms with Crippen LogP contribution in [0, 0.1) is 11.8 Å². The van der Waals surface area contributed by atoms with Crippen LogP contribution in [0.3, 0.4) is 0 Å². The Balaban J connectivity index is 1.20. The minimum absolute atomic E-state index is 0.149. The van der Waals surface area contributed by atoms with Crippen molar-refractivity contribution in [1.29, 1.82) is 0 Å². The number of halogens is 3. The van der Waals surface area contributed by atoms with E-state index in [9.17, 15) is 14.4 Å². The van der Waals surface area contributed by atoms with Crippen LogP contribution in [0.25, 0.3) is 0 Å². The summed E-state index contributed by atoms with van der Waals surface area (Å²) in [5.74, 6) is 0.319. The second-order valence-electron chi connectivity index (χ2n) is 11.4. The maximum Gasteiger partial charge on any atom is 0.315 e. The zero-order valence-corrected chi connectivity index (χ0v) is 27.3. The van der Waals surface area contributed by atoms with Crippen molar-refractivity contribution in [3.63, 3.8) is 0 Å². The Labute approximate surface area is 263 Å². The second kappa shape index (κ2) is 13.6. The van der Waals surface area contributed by atoms with Crippen LogP contribution in [0.1, 0.15) is 73.8 Å². The van der Waals surface area contributed by atoms with Crippen molar-refractivity contribution in [3.8, 4) is 0 Å². The predicted octanol–water partition coefficient (Wildman–Crippen LogP) is 6.31. The third-order valence-corrected chi connectivity index (χ3v) is 10.1. The fourth-order valence-electron chi connectivity index (χ4n) is 6.72. The van der Waals surface area contributed by atoms with Gasteiger partial charge in [-0.05, 0) is 108 Å². The number of fused-ring (bicyclic) bond motifs is 2. The molecule has 2 fully saturated rings. The van der Waals surface area contributed by atoms with Gasteiger partial charge in [-0.15, -0.1) is 0 Å². The largest absolute Gasteiger partial charge is 0.466 e. The molecule has 220 valence electrons. The Morgan fingerprint density at radius 3 is 2.32 bits per heavy atom. The second-order valence-corrected chi connectivity index (χ2v) is 13.6. The number of esters is 1. The fourth-order valence-corrected chi connectivity index (χ4v) is 8.22. The topological polar surface area (TPSA) is 79.8 Å². The van der Waals surface area contributed by atoms with Crippen molar-refractivity contribution in [1.82, 2.24) is 14.8 Å². The van der Waals surface area contributed by atoms with Crippen molar-refractivity contribution in [2.75, 3.05) is 32.8 Å². The number of hydrogen-bond donors (Lipinski definition) is 0. The van der Waals surface area contributed by atoms with E-state index in [0.29, 0.717) is 25.4 Å². The van der Waals surface area contributed by atoms with E-state index in [2.05, 4.69) is 44.0 Å². The van der Waals surface area contributed by atoms with E-state index in [4.69, 9.17) is 21.3 Å². The van der Waals surface area contributed by atoms with Crippen molar-refractivity contribution >= 4 is 61.2 Å². The molecule has 41 heavy (non-hydrogen) atoms. The molecule has 1 atom stereocenters. The molecule has 2 aliphatic heterocycles. The van der Waals surface area contributed by atoms with Crippen LogP contribution in [0.15, 0.2) is 33.3 Å². The van der Waals surface area contributed by atoms with Gasteiger partial charge in [0.15, 0.2) is 0 Å². The maximum atomic E-state index is 13.3. The highest BCUT2D eigenvalue weighted by atomic mass is 79.9. The van der Waals surface area contributed by atoms with E-state index < -0.39 is 5.97 Å². The summed E-state index contributed by atoms with van der Waals surface area (Å²) in [5, 5.41) is 0.740. The Kier molecular flexibility index (Phi) is 10.1. The lowest BCUT2D eigenvalue weighted by molar-refractivity contribution is -0.149. The zero-order valence-electron chi connectivity index (χ0n) is 23.3. The third-order valence-electron chi connectivity index (χ3n) is 8.81. The van der Waals surface area contributed by atoms with Crippen molar-refractivity contribution in [2.45, 2.75) is 64.2 Å². The molecule has 7 nitrogen and oxygen atoms in total. The van der Waals surface area contributed by atoms with Gasteiger partial charge in [0.05, 0.1) is 12.3 Å².